The molecule has 2 aliphatic rings. The number of aryl methyl sites for hydroxylation is 1. The molecule has 2 aromatic heterocycles. The fraction of sp³-hybridized carbons (Fsp3) is 0.429. The Kier molecular flexibility index (Phi) is 8.10. The zero-order valence-electron chi connectivity index (χ0n) is 22.5. The largest absolute Gasteiger partial charge is 0.495 e. The van der Waals surface area contributed by atoms with Gasteiger partial charge in [0.05, 0.1) is 48.7 Å². The number of hydrogen-bond acceptors (Lipinski definition) is 7. The molecular weight excluding hydrogens is 516 g/mol. The average Bonchev–Trinajstić information content (AvgIpc) is 3.43. The van der Waals surface area contributed by atoms with E-state index >= 15 is 0 Å². The Morgan fingerprint density at radius 3 is 2.67 bits per heavy atom. The molecular formula is C28H34N6O4S. The number of nitro groups is 1. The van der Waals surface area contributed by atoms with Crippen molar-refractivity contribution >= 4 is 23.0 Å². The summed E-state index contributed by atoms with van der Waals surface area (Å²) in [6, 6.07) is 12.5. The molecule has 2 aliphatic heterocycles. The molecule has 0 spiro atoms. The standard InChI is InChI=1S/C28H34N6O4S/c1-19-17-22(20(2)33(19)24-18-21(34(35)36)8-9-25(24)37-3)27-26(23-7-4-5-10-29-23)30-28(39)32(27)12-6-11-31-13-15-38-16-14-31/h4-5,7-10,17-18,26-27H,6,11-16H2,1-3H3,(H,30,39)/t26-,27-/m1/s1. The van der Waals surface area contributed by atoms with Gasteiger partial charge in [-0.1, -0.05) is 6.07 Å². The molecule has 1 aromatic carbocycles. The van der Waals surface area contributed by atoms with Gasteiger partial charge in [-0.3, -0.25) is 20.0 Å². The number of methoxy groups -OCH3 is 1. The van der Waals surface area contributed by atoms with E-state index in [0.717, 1.165) is 68.5 Å². The fourth-order valence-corrected chi connectivity index (χ4v) is 6.03. The van der Waals surface area contributed by atoms with Crippen LogP contribution in [0.2, 0.25) is 0 Å². The number of rotatable bonds is 9. The van der Waals surface area contributed by atoms with Gasteiger partial charge in [-0.05, 0) is 62.3 Å². The van der Waals surface area contributed by atoms with Gasteiger partial charge in [0.15, 0.2) is 5.11 Å². The first kappa shape index (κ1) is 27.0. The minimum Gasteiger partial charge on any atom is -0.495 e. The molecule has 1 N–H and O–H groups in total. The van der Waals surface area contributed by atoms with Gasteiger partial charge in [-0.15, -0.1) is 0 Å². The number of ether oxygens (including phenoxy) is 2. The molecule has 3 aromatic rings. The van der Waals surface area contributed by atoms with E-state index in [1.54, 1.807) is 25.4 Å². The van der Waals surface area contributed by atoms with Crippen molar-refractivity contribution in [1.29, 1.82) is 0 Å². The quantitative estimate of drug-likeness (QED) is 0.240. The van der Waals surface area contributed by atoms with Crippen LogP contribution < -0.4 is 10.1 Å². The molecule has 39 heavy (non-hydrogen) atoms. The second kappa shape index (κ2) is 11.7. The van der Waals surface area contributed by atoms with Crippen molar-refractivity contribution in [2.75, 3.05) is 46.5 Å². The number of nitro benzene ring substituents is 1. The van der Waals surface area contributed by atoms with E-state index in [1.165, 1.54) is 6.07 Å². The highest BCUT2D eigenvalue weighted by molar-refractivity contribution is 7.80. The van der Waals surface area contributed by atoms with Crippen LogP contribution in [0.4, 0.5) is 5.69 Å². The van der Waals surface area contributed by atoms with E-state index in [4.69, 9.17) is 21.7 Å². The first-order valence-corrected chi connectivity index (χ1v) is 13.6. The third kappa shape index (κ3) is 5.47. The van der Waals surface area contributed by atoms with Crippen LogP contribution in [0, 0.1) is 24.0 Å². The zero-order chi connectivity index (χ0) is 27.5. The molecule has 2 saturated heterocycles. The molecule has 10 nitrogen and oxygen atoms in total. The van der Waals surface area contributed by atoms with E-state index in [2.05, 4.69) is 26.2 Å². The lowest BCUT2D eigenvalue weighted by molar-refractivity contribution is -0.384. The van der Waals surface area contributed by atoms with Crippen molar-refractivity contribution in [3.8, 4) is 11.4 Å². The predicted octanol–water partition coefficient (Wildman–Crippen LogP) is 4.10. The number of benzene rings is 1. The van der Waals surface area contributed by atoms with Crippen molar-refractivity contribution in [2.24, 2.45) is 0 Å². The molecule has 11 heteroatoms. The molecule has 2 atom stereocenters. The van der Waals surface area contributed by atoms with Gasteiger partial charge >= 0.3 is 0 Å². The van der Waals surface area contributed by atoms with Gasteiger partial charge in [0.2, 0.25) is 0 Å². The van der Waals surface area contributed by atoms with Crippen molar-refractivity contribution in [1.82, 2.24) is 24.7 Å². The number of thiocarbonyl (C=S) groups is 1. The summed E-state index contributed by atoms with van der Waals surface area (Å²) in [4.78, 5) is 20.6. The maximum Gasteiger partial charge on any atom is 0.271 e. The lowest BCUT2D eigenvalue weighted by Gasteiger charge is -2.30. The average molecular weight is 551 g/mol. The molecule has 0 saturated carbocycles. The van der Waals surface area contributed by atoms with Gasteiger partial charge in [0.25, 0.3) is 5.69 Å². The number of aromatic nitrogens is 2. The number of hydrogen-bond donors (Lipinski definition) is 1. The van der Waals surface area contributed by atoms with Crippen LogP contribution in [0.3, 0.4) is 0 Å². The van der Waals surface area contributed by atoms with Crippen LogP contribution in [0.25, 0.3) is 5.69 Å². The first-order chi connectivity index (χ1) is 18.9. The Bertz CT molecular complexity index is 1340. The highest BCUT2D eigenvalue weighted by Crippen LogP contribution is 2.42. The third-order valence-electron chi connectivity index (χ3n) is 7.58. The normalized spacial score (nSPS) is 19.8. The molecule has 0 bridgehead atoms. The second-order valence-electron chi connectivity index (χ2n) is 9.90. The molecule has 4 heterocycles. The molecule has 2 fully saturated rings. The lowest BCUT2D eigenvalue weighted by Crippen LogP contribution is -2.39. The van der Waals surface area contributed by atoms with Crippen LogP contribution in [0.5, 0.6) is 5.75 Å². The van der Waals surface area contributed by atoms with Crippen molar-refractivity contribution < 1.29 is 14.4 Å². The Morgan fingerprint density at radius 2 is 1.97 bits per heavy atom. The van der Waals surface area contributed by atoms with Crippen LogP contribution >= 0.6 is 12.2 Å². The summed E-state index contributed by atoms with van der Waals surface area (Å²) in [6.45, 7) is 9.29. The van der Waals surface area contributed by atoms with E-state index in [1.807, 2.05) is 36.6 Å². The smallest absolute Gasteiger partial charge is 0.271 e. The van der Waals surface area contributed by atoms with Crippen molar-refractivity contribution in [3.63, 3.8) is 0 Å². The number of morpholine rings is 1. The summed E-state index contributed by atoms with van der Waals surface area (Å²) in [6.07, 6.45) is 2.76. The maximum absolute atomic E-state index is 11.6. The second-order valence-corrected chi connectivity index (χ2v) is 10.3. The monoisotopic (exact) mass is 550 g/mol. The highest BCUT2D eigenvalue weighted by Gasteiger charge is 2.41. The van der Waals surface area contributed by atoms with Crippen LogP contribution in [0.1, 0.15) is 41.1 Å². The summed E-state index contributed by atoms with van der Waals surface area (Å²) in [5.74, 6) is 0.567. The number of pyridine rings is 1. The van der Waals surface area contributed by atoms with Crippen molar-refractivity contribution in [3.05, 3.63) is 81.4 Å². The Balaban J connectivity index is 1.53. The zero-order valence-corrected chi connectivity index (χ0v) is 23.3. The number of non-ortho nitro benzene ring substituents is 1. The maximum atomic E-state index is 11.6. The minimum atomic E-state index is -0.384. The molecule has 0 aliphatic carbocycles. The predicted molar refractivity (Wildman–Crippen MR) is 152 cm³/mol. The molecule has 0 unspecified atom stereocenters. The summed E-state index contributed by atoms with van der Waals surface area (Å²) in [5, 5.41) is 15.8. The third-order valence-corrected chi connectivity index (χ3v) is 7.93. The Labute approximate surface area is 233 Å². The summed E-state index contributed by atoms with van der Waals surface area (Å²) < 4.78 is 13.1. The van der Waals surface area contributed by atoms with Crippen LogP contribution in [-0.4, -0.2) is 75.9 Å². The van der Waals surface area contributed by atoms with Crippen LogP contribution in [-0.2, 0) is 4.74 Å². The van der Waals surface area contributed by atoms with E-state index in [0.29, 0.717) is 16.5 Å². The summed E-state index contributed by atoms with van der Waals surface area (Å²) >= 11 is 5.88. The molecule has 0 amide bonds. The van der Waals surface area contributed by atoms with Gasteiger partial charge in [0, 0.05) is 55.9 Å². The summed E-state index contributed by atoms with van der Waals surface area (Å²) in [7, 11) is 1.58. The summed E-state index contributed by atoms with van der Waals surface area (Å²) in [5.41, 5.74) is 4.58. The minimum absolute atomic E-state index is 0.0136. The number of nitrogens with one attached hydrogen (secondary N) is 1. The van der Waals surface area contributed by atoms with Gasteiger partial charge < -0.3 is 24.3 Å². The first-order valence-electron chi connectivity index (χ1n) is 13.2. The topological polar surface area (TPSA) is 97.9 Å². The van der Waals surface area contributed by atoms with Crippen molar-refractivity contribution in [2.45, 2.75) is 32.4 Å². The SMILES string of the molecule is COc1ccc([N+](=O)[O-])cc1-n1c(C)cc([C@@H]2[C@@H](c3ccccn3)NC(=S)N2CCCN2CCOCC2)c1C. The lowest BCUT2D eigenvalue weighted by atomic mass is 9.96. The van der Waals surface area contributed by atoms with Crippen LogP contribution in [0.15, 0.2) is 48.7 Å². The molecule has 206 valence electrons. The van der Waals surface area contributed by atoms with E-state index in [-0.39, 0.29) is 22.7 Å². The highest BCUT2D eigenvalue weighted by atomic mass is 32.1. The van der Waals surface area contributed by atoms with E-state index in [9.17, 15) is 10.1 Å². The Hall–Kier alpha value is -3.54. The van der Waals surface area contributed by atoms with E-state index < -0.39 is 0 Å². The molecule has 0 radical (unpaired) electrons. The van der Waals surface area contributed by atoms with Gasteiger partial charge in [-0.2, -0.15) is 0 Å². The fourth-order valence-electron chi connectivity index (χ4n) is 5.70. The molecule has 5 rings (SSSR count). The van der Waals surface area contributed by atoms with Gasteiger partial charge in [-0.25, -0.2) is 0 Å². The van der Waals surface area contributed by atoms with Gasteiger partial charge in [0.1, 0.15) is 5.75 Å². The Morgan fingerprint density at radius 1 is 1.18 bits per heavy atom. The number of nitrogens with zero attached hydrogens (tertiary/aromatic N) is 5.